The van der Waals surface area contributed by atoms with Crippen LogP contribution in [-0.2, 0) is 33.3 Å². The quantitative estimate of drug-likeness (QED) is 0.0225. The molecule has 0 amide bonds. The van der Waals surface area contributed by atoms with Crippen LogP contribution < -0.4 is 5.11 Å². The van der Waals surface area contributed by atoms with Crippen molar-refractivity contribution in [1.29, 1.82) is 0 Å². The zero-order valence-corrected chi connectivity index (χ0v) is 31.4. The van der Waals surface area contributed by atoms with E-state index in [0.717, 1.165) is 57.8 Å². The standard InChI is InChI=1S/C39H71NO8/c1-6-8-10-12-14-15-16-17-18-19-20-21-22-24-26-28-30-37(42)48-35(33-46-36(41)29-27-25-23-13-11-9-7-2)34-47-39(38(43)44)45-32-31-40(3,4)5/h15-16,18-19,35,39H,6-14,17,20-34H2,1-5H3/b16-15-,19-18-. The molecule has 0 aromatic rings. The number of carbonyl (C=O) groups excluding carboxylic acids is 3. The fourth-order valence-corrected chi connectivity index (χ4v) is 4.92. The Morgan fingerprint density at radius 2 is 1.12 bits per heavy atom. The van der Waals surface area contributed by atoms with Crippen molar-refractivity contribution in [3.63, 3.8) is 0 Å². The summed E-state index contributed by atoms with van der Waals surface area (Å²) in [4.78, 5) is 36.6. The van der Waals surface area contributed by atoms with E-state index in [0.29, 0.717) is 17.4 Å². The van der Waals surface area contributed by atoms with E-state index < -0.39 is 24.3 Å². The van der Waals surface area contributed by atoms with Crippen molar-refractivity contribution in [2.24, 2.45) is 0 Å². The fraction of sp³-hybridized carbons (Fsp3) is 0.821. The molecule has 48 heavy (non-hydrogen) atoms. The first-order valence-corrected chi connectivity index (χ1v) is 19.0. The van der Waals surface area contributed by atoms with E-state index in [1.165, 1.54) is 57.8 Å². The van der Waals surface area contributed by atoms with E-state index in [1.807, 2.05) is 21.1 Å². The van der Waals surface area contributed by atoms with Crippen LogP contribution in [0.3, 0.4) is 0 Å². The molecule has 0 saturated heterocycles. The first kappa shape index (κ1) is 45.8. The molecule has 0 fully saturated rings. The fourth-order valence-electron chi connectivity index (χ4n) is 4.92. The van der Waals surface area contributed by atoms with E-state index in [2.05, 4.69) is 38.2 Å². The molecule has 0 N–H and O–H groups in total. The lowest BCUT2D eigenvalue weighted by molar-refractivity contribution is -0.870. The summed E-state index contributed by atoms with van der Waals surface area (Å²) >= 11 is 0. The van der Waals surface area contributed by atoms with E-state index in [1.54, 1.807) is 0 Å². The summed E-state index contributed by atoms with van der Waals surface area (Å²) < 4.78 is 22.3. The lowest BCUT2D eigenvalue weighted by Gasteiger charge is -2.26. The number of aliphatic carboxylic acids is 1. The van der Waals surface area contributed by atoms with Gasteiger partial charge in [-0.3, -0.25) is 9.59 Å². The molecule has 0 aliphatic carbocycles. The predicted octanol–water partition coefficient (Wildman–Crippen LogP) is 7.60. The highest BCUT2D eigenvalue weighted by Gasteiger charge is 2.21. The Morgan fingerprint density at radius 1 is 0.625 bits per heavy atom. The van der Waals surface area contributed by atoms with Crippen LogP contribution in [0.2, 0.25) is 0 Å². The number of hydrogen-bond donors (Lipinski definition) is 0. The highest BCUT2D eigenvalue weighted by atomic mass is 16.7. The van der Waals surface area contributed by atoms with Gasteiger partial charge in [0.1, 0.15) is 13.2 Å². The van der Waals surface area contributed by atoms with Gasteiger partial charge < -0.3 is 33.3 Å². The maximum absolute atomic E-state index is 12.6. The molecule has 0 radical (unpaired) electrons. The van der Waals surface area contributed by atoms with Crippen molar-refractivity contribution >= 4 is 17.9 Å². The van der Waals surface area contributed by atoms with Crippen molar-refractivity contribution in [3.05, 3.63) is 24.3 Å². The molecule has 2 atom stereocenters. The number of carboxylic acids is 1. The highest BCUT2D eigenvalue weighted by molar-refractivity contribution is 5.70. The Morgan fingerprint density at radius 3 is 1.67 bits per heavy atom. The lowest BCUT2D eigenvalue weighted by atomic mass is 10.1. The molecule has 280 valence electrons. The summed E-state index contributed by atoms with van der Waals surface area (Å²) in [5, 5.41) is 11.6. The zero-order chi connectivity index (χ0) is 35.7. The zero-order valence-electron chi connectivity index (χ0n) is 31.4. The number of unbranched alkanes of at least 4 members (excludes halogenated alkanes) is 15. The molecule has 0 saturated carbocycles. The second kappa shape index (κ2) is 32.0. The maximum Gasteiger partial charge on any atom is 0.306 e. The SMILES string of the molecule is CCCCCC/C=C\C/C=C\CCCCCCCC(=O)OC(COC(=O)CCCCCCCCC)COC(OCC[N+](C)(C)C)C(=O)[O-]. The molecular formula is C39H71NO8. The Hall–Kier alpha value is -2.23. The van der Waals surface area contributed by atoms with Crippen LogP contribution in [0.25, 0.3) is 0 Å². The minimum atomic E-state index is -1.62. The topological polar surface area (TPSA) is 111 Å². The third-order valence-corrected chi connectivity index (χ3v) is 7.95. The van der Waals surface area contributed by atoms with Crippen LogP contribution in [0.1, 0.15) is 149 Å². The lowest BCUT2D eigenvalue weighted by Crippen LogP contribution is -2.44. The van der Waals surface area contributed by atoms with E-state index in [-0.39, 0.29) is 38.6 Å². The van der Waals surface area contributed by atoms with Gasteiger partial charge >= 0.3 is 11.9 Å². The van der Waals surface area contributed by atoms with Gasteiger partial charge in [-0.05, 0) is 44.9 Å². The molecule has 0 spiro atoms. The van der Waals surface area contributed by atoms with Gasteiger partial charge in [0.25, 0.3) is 0 Å². The molecule has 0 heterocycles. The Labute approximate surface area is 293 Å². The predicted molar refractivity (Wildman–Crippen MR) is 191 cm³/mol. The number of carbonyl (C=O) groups is 3. The van der Waals surface area contributed by atoms with E-state index >= 15 is 0 Å². The molecule has 0 aliphatic rings. The Balaban J connectivity index is 4.51. The van der Waals surface area contributed by atoms with Gasteiger partial charge in [-0.25, -0.2) is 0 Å². The van der Waals surface area contributed by atoms with Crippen molar-refractivity contribution in [2.45, 2.75) is 161 Å². The number of carboxylic acid groups (broad SMARTS) is 1. The van der Waals surface area contributed by atoms with Crippen LogP contribution >= 0.6 is 0 Å². The second-order valence-electron chi connectivity index (χ2n) is 13.9. The summed E-state index contributed by atoms with van der Waals surface area (Å²) in [6.45, 7) is 4.63. The van der Waals surface area contributed by atoms with Gasteiger partial charge in [0.05, 0.1) is 40.3 Å². The van der Waals surface area contributed by atoms with Crippen LogP contribution in [0.4, 0.5) is 0 Å². The normalized spacial score (nSPS) is 13.3. The van der Waals surface area contributed by atoms with E-state index in [4.69, 9.17) is 18.9 Å². The Bertz CT molecular complexity index is 851. The number of likely N-dealkylation sites (N-methyl/N-ethyl adjacent to an activating group) is 1. The molecule has 2 unspecified atom stereocenters. The number of nitrogens with zero attached hydrogens (tertiary/aromatic N) is 1. The summed E-state index contributed by atoms with van der Waals surface area (Å²) in [6.07, 6.45) is 28.0. The summed E-state index contributed by atoms with van der Waals surface area (Å²) in [5.41, 5.74) is 0. The number of quaternary nitrogens is 1. The first-order valence-electron chi connectivity index (χ1n) is 19.0. The third kappa shape index (κ3) is 32.3. The molecule has 9 heteroatoms. The maximum atomic E-state index is 12.6. The van der Waals surface area contributed by atoms with Gasteiger partial charge in [0.2, 0.25) is 0 Å². The van der Waals surface area contributed by atoms with Gasteiger partial charge in [-0.2, -0.15) is 0 Å². The number of ether oxygens (including phenoxy) is 4. The van der Waals surface area contributed by atoms with Gasteiger partial charge in [0, 0.05) is 12.8 Å². The number of rotatable bonds is 34. The largest absolute Gasteiger partial charge is 0.545 e. The van der Waals surface area contributed by atoms with Crippen molar-refractivity contribution in [1.82, 2.24) is 0 Å². The summed E-state index contributed by atoms with van der Waals surface area (Å²) in [7, 11) is 5.88. The molecule has 0 bridgehead atoms. The number of esters is 2. The van der Waals surface area contributed by atoms with Crippen molar-refractivity contribution in [3.8, 4) is 0 Å². The van der Waals surface area contributed by atoms with E-state index in [9.17, 15) is 19.5 Å². The highest BCUT2D eigenvalue weighted by Crippen LogP contribution is 2.12. The molecule has 0 aromatic carbocycles. The molecule has 0 aromatic heterocycles. The van der Waals surface area contributed by atoms with Crippen LogP contribution in [-0.4, -0.2) is 82.3 Å². The van der Waals surface area contributed by atoms with Crippen molar-refractivity contribution in [2.75, 3.05) is 47.5 Å². The van der Waals surface area contributed by atoms with Crippen LogP contribution in [0.5, 0.6) is 0 Å². The summed E-state index contributed by atoms with van der Waals surface area (Å²) in [6, 6.07) is 0. The average molecular weight is 682 g/mol. The summed E-state index contributed by atoms with van der Waals surface area (Å²) in [5.74, 6) is -2.31. The molecule has 0 rings (SSSR count). The number of allylic oxidation sites excluding steroid dienone is 4. The van der Waals surface area contributed by atoms with Crippen molar-refractivity contribution < 1.29 is 42.9 Å². The minimum Gasteiger partial charge on any atom is -0.545 e. The van der Waals surface area contributed by atoms with Gasteiger partial charge in [-0.1, -0.05) is 115 Å². The molecule has 9 nitrogen and oxygen atoms in total. The minimum absolute atomic E-state index is 0.146. The smallest absolute Gasteiger partial charge is 0.306 e. The molecular weight excluding hydrogens is 610 g/mol. The molecule has 0 aliphatic heterocycles. The van der Waals surface area contributed by atoms with Gasteiger partial charge in [-0.15, -0.1) is 0 Å². The first-order chi connectivity index (χ1) is 23.1. The van der Waals surface area contributed by atoms with Gasteiger partial charge in [0.15, 0.2) is 12.4 Å². The third-order valence-electron chi connectivity index (χ3n) is 7.95. The van der Waals surface area contributed by atoms with Crippen LogP contribution in [0.15, 0.2) is 24.3 Å². The average Bonchev–Trinajstić information content (AvgIpc) is 3.03. The Kier molecular flexibility index (Phi) is 30.5. The second-order valence-corrected chi connectivity index (χ2v) is 13.9. The van der Waals surface area contributed by atoms with Crippen LogP contribution in [0, 0.1) is 0 Å². The monoisotopic (exact) mass is 682 g/mol. The number of hydrogen-bond acceptors (Lipinski definition) is 8.